The van der Waals surface area contributed by atoms with E-state index in [1.165, 1.54) is 12.0 Å². The number of methoxy groups -OCH3 is 1. The van der Waals surface area contributed by atoms with Gasteiger partial charge in [-0.2, -0.15) is 0 Å². The van der Waals surface area contributed by atoms with Gasteiger partial charge in [0.25, 0.3) is 0 Å². The number of imidazole rings is 1. The first-order chi connectivity index (χ1) is 8.65. The summed E-state index contributed by atoms with van der Waals surface area (Å²) in [5, 5.41) is 0. The predicted octanol–water partition coefficient (Wildman–Crippen LogP) is 2.97. The molecule has 1 aliphatic rings. The van der Waals surface area contributed by atoms with Crippen LogP contribution in [-0.4, -0.2) is 27.2 Å². The number of hydrogen-bond donors (Lipinski definition) is 1. The molecule has 1 saturated carbocycles. The van der Waals surface area contributed by atoms with E-state index in [-0.39, 0.29) is 5.60 Å². The first kappa shape index (κ1) is 11.9. The highest BCUT2D eigenvalue weighted by atomic mass is 32.1. The van der Waals surface area contributed by atoms with Crippen molar-refractivity contribution in [1.29, 1.82) is 0 Å². The Morgan fingerprint density at radius 2 is 2.33 bits per heavy atom. The molecule has 4 nitrogen and oxygen atoms in total. The molecule has 3 rings (SSSR count). The van der Waals surface area contributed by atoms with Crippen LogP contribution in [0.25, 0.3) is 11.2 Å². The third-order valence-corrected chi connectivity index (χ3v) is 4.34. The molecule has 2 aromatic rings. The second-order valence-electron chi connectivity index (χ2n) is 5.08. The van der Waals surface area contributed by atoms with Gasteiger partial charge in [-0.1, -0.05) is 0 Å². The van der Waals surface area contributed by atoms with E-state index in [1.807, 2.05) is 12.3 Å². The molecule has 0 unspecified atom stereocenters. The van der Waals surface area contributed by atoms with E-state index in [1.54, 1.807) is 7.11 Å². The van der Waals surface area contributed by atoms with Crippen molar-refractivity contribution >= 4 is 23.4 Å². The zero-order valence-electron chi connectivity index (χ0n) is 10.7. The fraction of sp³-hybridized carbons (Fsp3) is 0.538. The molecule has 1 fully saturated rings. The SMILES string of the molecule is COC1(Cn2c(=S)[nH]c3c(C)ccnc32)CCC1. The van der Waals surface area contributed by atoms with Gasteiger partial charge in [0.1, 0.15) is 0 Å². The molecular formula is C13H17N3OS. The maximum Gasteiger partial charge on any atom is 0.179 e. The summed E-state index contributed by atoms with van der Waals surface area (Å²) in [6, 6.07) is 1.99. The maximum absolute atomic E-state index is 5.67. The number of fused-ring (bicyclic) bond motifs is 1. The summed E-state index contributed by atoms with van der Waals surface area (Å²) in [6.07, 6.45) is 5.26. The molecule has 2 heterocycles. The normalized spacial score (nSPS) is 17.9. The minimum atomic E-state index is -0.0429. The Labute approximate surface area is 111 Å². The Hall–Kier alpha value is -1.20. The molecule has 0 spiro atoms. The van der Waals surface area contributed by atoms with E-state index in [0.29, 0.717) is 0 Å². The van der Waals surface area contributed by atoms with Crippen molar-refractivity contribution in [3.05, 3.63) is 22.6 Å². The largest absolute Gasteiger partial charge is 0.376 e. The van der Waals surface area contributed by atoms with Gasteiger partial charge in [0, 0.05) is 13.3 Å². The Morgan fingerprint density at radius 3 is 2.94 bits per heavy atom. The topological polar surface area (TPSA) is 42.8 Å². The molecule has 18 heavy (non-hydrogen) atoms. The summed E-state index contributed by atoms with van der Waals surface area (Å²) in [4.78, 5) is 7.70. The van der Waals surface area contributed by atoms with E-state index >= 15 is 0 Å². The molecule has 0 aromatic carbocycles. The average molecular weight is 263 g/mol. The summed E-state index contributed by atoms with van der Waals surface area (Å²) in [7, 11) is 1.79. The van der Waals surface area contributed by atoms with Gasteiger partial charge in [-0.25, -0.2) is 4.98 Å². The molecule has 0 aliphatic heterocycles. The van der Waals surface area contributed by atoms with Gasteiger partial charge in [0.15, 0.2) is 10.4 Å². The van der Waals surface area contributed by atoms with E-state index in [4.69, 9.17) is 17.0 Å². The monoisotopic (exact) mass is 263 g/mol. The quantitative estimate of drug-likeness (QED) is 0.866. The van der Waals surface area contributed by atoms with Crippen LogP contribution in [0, 0.1) is 11.7 Å². The first-order valence-corrected chi connectivity index (χ1v) is 6.65. The van der Waals surface area contributed by atoms with E-state index in [9.17, 15) is 0 Å². The number of hydrogen-bond acceptors (Lipinski definition) is 3. The summed E-state index contributed by atoms with van der Waals surface area (Å²) >= 11 is 5.41. The number of nitrogens with one attached hydrogen (secondary N) is 1. The Bertz CT molecular complexity index is 634. The van der Waals surface area contributed by atoms with Crippen LogP contribution in [0.3, 0.4) is 0 Å². The fourth-order valence-corrected chi connectivity index (χ4v) is 2.86. The lowest BCUT2D eigenvalue weighted by Gasteiger charge is -2.40. The number of pyridine rings is 1. The molecule has 96 valence electrons. The lowest BCUT2D eigenvalue weighted by atomic mass is 9.80. The Kier molecular flexibility index (Phi) is 2.75. The molecule has 2 aromatic heterocycles. The van der Waals surface area contributed by atoms with Crippen molar-refractivity contribution in [3.8, 4) is 0 Å². The Balaban J connectivity index is 2.09. The second-order valence-corrected chi connectivity index (χ2v) is 5.47. The molecule has 0 amide bonds. The summed E-state index contributed by atoms with van der Waals surface area (Å²) in [6.45, 7) is 2.86. The lowest BCUT2D eigenvalue weighted by Crippen LogP contribution is -2.43. The molecule has 0 saturated heterocycles. The fourth-order valence-electron chi connectivity index (χ4n) is 2.61. The number of rotatable bonds is 3. The highest BCUT2D eigenvalue weighted by Gasteiger charge is 2.38. The maximum atomic E-state index is 5.67. The standard InChI is InChI=1S/C13H17N3OS/c1-9-4-7-14-11-10(9)15-12(18)16(11)8-13(17-2)5-3-6-13/h4,7H,3,5-6,8H2,1-2H3,(H,15,18). The van der Waals surface area contributed by atoms with Crippen LogP contribution >= 0.6 is 12.2 Å². The van der Waals surface area contributed by atoms with Gasteiger partial charge >= 0.3 is 0 Å². The highest BCUT2D eigenvalue weighted by molar-refractivity contribution is 7.71. The zero-order valence-corrected chi connectivity index (χ0v) is 11.5. The molecule has 0 bridgehead atoms. The first-order valence-electron chi connectivity index (χ1n) is 6.24. The lowest BCUT2D eigenvalue weighted by molar-refractivity contribution is -0.0831. The minimum Gasteiger partial charge on any atom is -0.376 e. The van der Waals surface area contributed by atoms with Crippen molar-refractivity contribution in [2.45, 2.75) is 38.3 Å². The van der Waals surface area contributed by atoms with Crippen LogP contribution in [0.4, 0.5) is 0 Å². The van der Waals surface area contributed by atoms with Crippen LogP contribution in [0.2, 0.25) is 0 Å². The molecule has 1 N–H and O–H groups in total. The summed E-state index contributed by atoms with van der Waals surface area (Å²) in [5.74, 6) is 0. The van der Waals surface area contributed by atoms with E-state index < -0.39 is 0 Å². The van der Waals surface area contributed by atoms with Gasteiger partial charge in [0.2, 0.25) is 0 Å². The minimum absolute atomic E-state index is 0.0429. The smallest absolute Gasteiger partial charge is 0.179 e. The van der Waals surface area contributed by atoms with Crippen LogP contribution in [0.5, 0.6) is 0 Å². The molecule has 0 radical (unpaired) electrons. The number of aromatic nitrogens is 3. The molecule has 1 aliphatic carbocycles. The van der Waals surface area contributed by atoms with E-state index in [0.717, 1.165) is 35.3 Å². The van der Waals surface area contributed by atoms with Crippen molar-refractivity contribution in [2.24, 2.45) is 0 Å². The van der Waals surface area contributed by atoms with Crippen LogP contribution in [0.1, 0.15) is 24.8 Å². The number of aromatic amines is 1. The predicted molar refractivity (Wildman–Crippen MR) is 73.2 cm³/mol. The van der Waals surface area contributed by atoms with Gasteiger partial charge in [-0.3, -0.25) is 4.57 Å². The third-order valence-electron chi connectivity index (χ3n) is 4.02. The van der Waals surface area contributed by atoms with Crippen LogP contribution in [0.15, 0.2) is 12.3 Å². The summed E-state index contributed by atoms with van der Waals surface area (Å²) < 4.78 is 8.47. The summed E-state index contributed by atoms with van der Waals surface area (Å²) in [5.41, 5.74) is 3.10. The van der Waals surface area contributed by atoms with Crippen LogP contribution < -0.4 is 0 Å². The molecule has 5 heteroatoms. The van der Waals surface area contributed by atoms with Crippen molar-refractivity contribution < 1.29 is 4.74 Å². The molecule has 0 atom stereocenters. The average Bonchev–Trinajstić information content (AvgIpc) is 2.62. The van der Waals surface area contributed by atoms with Crippen molar-refractivity contribution in [3.63, 3.8) is 0 Å². The van der Waals surface area contributed by atoms with Gasteiger partial charge in [-0.15, -0.1) is 0 Å². The third kappa shape index (κ3) is 1.69. The number of H-pyrrole nitrogens is 1. The van der Waals surface area contributed by atoms with Gasteiger partial charge in [0.05, 0.1) is 17.7 Å². The van der Waals surface area contributed by atoms with Gasteiger partial charge in [-0.05, 0) is 50.0 Å². The second kappa shape index (κ2) is 4.17. The molecular weight excluding hydrogens is 246 g/mol. The number of aryl methyl sites for hydroxylation is 1. The number of ether oxygens (including phenoxy) is 1. The van der Waals surface area contributed by atoms with Crippen molar-refractivity contribution in [1.82, 2.24) is 14.5 Å². The van der Waals surface area contributed by atoms with Gasteiger partial charge < -0.3 is 9.72 Å². The van der Waals surface area contributed by atoms with Crippen molar-refractivity contribution in [2.75, 3.05) is 7.11 Å². The van der Waals surface area contributed by atoms with E-state index in [2.05, 4.69) is 21.5 Å². The Morgan fingerprint density at radius 1 is 1.56 bits per heavy atom. The number of nitrogens with zero attached hydrogens (tertiary/aromatic N) is 2. The highest BCUT2D eigenvalue weighted by Crippen LogP contribution is 2.37. The van der Waals surface area contributed by atoms with Crippen LogP contribution in [-0.2, 0) is 11.3 Å². The zero-order chi connectivity index (χ0) is 12.8.